The van der Waals surface area contributed by atoms with Gasteiger partial charge in [0.25, 0.3) is 0 Å². The zero-order chi connectivity index (χ0) is 11.8. The lowest BCUT2D eigenvalue weighted by Gasteiger charge is -2.04. The molecule has 0 aliphatic heterocycles. The van der Waals surface area contributed by atoms with E-state index in [1.165, 1.54) is 6.42 Å². The molecule has 1 aromatic rings. The average molecular weight is 225 g/mol. The summed E-state index contributed by atoms with van der Waals surface area (Å²) in [7, 11) is 1.91. The van der Waals surface area contributed by atoms with E-state index in [4.69, 9.17) is 9.15 Å². The van der Waals surface area contributed by atoms with Gasteiger partial charge in [-0.2, -0.15) is 0 Å². The SMILES string of the molecule is CNCc1ccc(COCCCC(C)C)o1. The topological polar surface area (TPSA) is 34.4 Å². The van der Waals surface area contributed by atoms with E-state index in [1.54, 1.807) is 0 Å². The van der Waals surface area contributed by atoms with Gasteiger partial charge in [0, 0.05) is 6.61 Å². The van der Waals surface area contributed by atoms with Crippen LogP contribution < -0.4 is 5.32 Å². The van der Waals surface area contributed by atoms with Crippen molar-refractivity contribution >= 4 is 0 Å². The molecule has 1 N–H and O–H groups in total. The molecule has 92 valence electrons. The van der Waals surface area contributed by atoms with E-state index in [0.29, 0.717) is 6.61 Å². The van der Waals surface area contributed by atoms with Gasteiger partial charge >= 0.3 is 0 Å². The highest BCUT2D eigenvalue weighted by Gasteiger charge is 2.01. The molecule has 0 amide bonds. The van der Waals surface area contributed by atoms with Gasteiger partial charge in [-0.3, -0.25) is 0 Å². The molecule has 0 fully saturated rings. The summed E-state index contributed by atoms with van der Waals surface area (Å²) < 4.78 is 11.1. The smallest absolute Gasteiger partial charge is 0.129 e. The first-order valence-corrected chi connectivity index (χ1v) is 6.02. The number of ether oxygens (including phenoxy) is 1. The zero-order valence-corrected chi connectivity index (χ0v) is 10.6. The van der Waals surface area contributed by atoms with Crippen LogP contribution >= 0.6 is 0 Å². The van der Waals surface area contributed by atoms with Crippen molar-refractivity contribution in [2.24, 2.45) is 5.92 Å². The van der Waals surface area contributed by atoms with Crippen LogP contribution in [0.2, 0.25) is 0 Å². The molecule has 0 bridgehead atoms. The molecule has 3 heteroatoms. The molecule has 0 radical (unpaired) electrons. The maximum absolute atomic E-state index is 5.56. The second-order valence-electron chi connectivity index (χ2n) is 4.49. The summed E-state index contributed by atoms with van der Waals surface area (Å²) in [5.41, 5.74) is 0. The van der Waals surface area contributed by atoms with Crippen molar-refractivity contribution in [3.05, 3.63) is 23.7 Å². The second-order valence-corrected chi connectivity index (χ2v) is 4.49. The van der Waals surface area contributed by atoms with Gasteiger partial charge in [0.15, 0.2) is 0 Å². The van der Waals surface area contributed by atoms with Crippen molar-refractivity contribution in [3.8, 4) is 0 Å². The van der Waals surface area contributed by atoms with Crippen molar-refractivity contribution < 1.29 is 9.15 Å². The fraction of sp³-hybridized carbons (Fsp3) is 0.692. The molecule has 0 aliphatic carbocycles. The van der Waals surface area contributed by atoms with Gasteiger partial charge in [-0.1, -0.05) is 13.8 Å². The Balaban J connectivity index is 2.12. The van der Waals surface area contributed by atoms with Crippen molar-refractivity contribution in [2.45, 2.75) is 39.8 Å². The maximum Gasteiger partial charge on any atom is 0.129 e. The van der Waals surface area contributed by atoms with Gasteiger partial charge in [0.2, 0.25) is 0 Å². The van der Waals surface area contributed by atoms with Crippen LogP contribution in [0.25, 0.3) is 0 Å². The first-order valence-electron chi connectivity index (χ1n) is 6.02. The molecule has 0 saturated heterocycles. The lowest BCUT2D eigenvalue weighted by molar-refractivity contribution is 0.0998. The summed E-state index contributed by atoms with van der Waals surface area (Å²) in [5.74, 6) is 2.63. The van der Waals surface area contributed by atoms with E-state index >= 15 is 0 Å². The van der Waals surface area contributed by atoms with E-state index in [2.05, 4.69) is 19.2 Å². The fourth-order valence-electron chi connectivity index (χ4n) is 1.54. The third-order valence-corrected chi connectivity index (χ3v) is 2.38. The van der Waals surface area contributed by atoms with Crippen molar-refractivity contribution in [3.63, 3.8) is 0 Å². The first kappa shape index (κ1) is 13.3. The summed E-state index contributed by atoms with van der Waals surface area (Å²) in [6.45, 7) is 6.64. The van der Waals surface area contributed by atoms with E-state index < -0.39 is 0 Å². The van der Waals surface area contributed by atoms with Crippen LogP contribution in [0, 0.1) is 5.92 Å². The third-order valence-electron chi connectivity index (χ3n) is 2.38. The van der Waals surface area contributed by atoms with Gasteiger partial charge in [0.05, 0.1) is 6.54 Å². The fourth-order valence-corrected chi connectivity index (χ4v) is 1.54. The van der Waals surface area contributed by atoms with Gasteiger partial charge in [-0.15, -0.1) is 0 Å². The second kappa shape index (κ2) is 7.47. The van der Waals surface area contributed by atoms with E-state index in [9.17, 15) is 0 Å². The summed E-state index contributed by atoms with van der Waals surface area (Å²) in [6.07, 6.45) is 2.35. The Hall–Kier alpha value is -0.800. The lowest BCUT2D eigenvalue weighted by Crippen LogP contribution is -2.03. The van der Waals surface area contributed by atoms with Gasteiger partial charge in [-0.25, -0.2) is 0 Å². The Morgan fingerprint density at radius 1 is 1.31 bits per heavy atom. The van der Waals surface area contributed by atoms with E-state index in [1.807, 2.05) is 19.2 Å². The number of rotatable bonds is 8. The molecule has 1 rings (SSSR count). The molecule has 16 heavy (non-hydrogen) atoms. The van der Waals surface area contributed by atoms with Crippen LogP contribution in [0.3, 0.4) is 0 Å². The standard InChI is InChI=1S/C13H23NO2/c1-11(2)5-4-8-15-10-13-7-6-12(16-13)9-14-3/h6-7,11,14H,4-5,8-10H2,1-3H3. The molecule has 0 atom stereocenters. The highest BCUT2D eigenvalue weighted by molar-refractivity contribution is 5.06. The Labute approximate surface area is 98.2 Å². The Kier molecular flexibility index (Phi) is 6.19. The van der Waals surface area contributed by atoms with Crippen LogP contribution in [-0.2, 0) is 17.9 Å². The largest absolute Gasteiger partial charge is 0.462 e. The van der Waals surface area contributed by atoms with E-state index in [-0.39, 0.29) is 0 Å². The molecule has 1 heterocycles. The molecule has 3 nitrogen and oxygen atoms in total. The molecule has 0 saturated carbocycles. The predicted molar refractivity (Wildman–Crippen MR) is 65.2 cm³/mol. The minimum atomic E-state index is 0.585. The van der Waals surface area contributed by atoms with Crippen molar-refractivity contribution in [1.29, 1.82) is 0 Å². The summed E-state index contributed by atoms with van der Waals surface area (Å²) >= 11 is 0. The number of hydrogen-bond donors (Lipinski definition) is 1. The van der Waals surface area contributed by atoms with Crippen LogP contribution in [0.5, 0.6) is 0 Å². The molecular weight excluding hydrogens is 202 g/mol. The Morgan fingerprint density at radius 2 is 2.06 bits per heavy atom. The predicted octanol–water partition coefficient (Wildman–Crippen LogP) is 2.95. The highest BCUT2D eigenvalue weighted by atomic mass is 16.5. The average Bonchev–Trinajstić information content (AvgIpc) is 2.65. The van der Waals surface area contributed by atoms with Gasteiger partial charge < -0.3 is 14.5 Å². The minimum absolute atomic E-state index is 0.585. The molecule has 1 aromatic heterocycles. The summed E-state index contributed by atoms with van der Waals surface area (Å²) in [4.78, 5) is 0. The van der Waals surface area contributed by atoms with Gasteiger partial charge in [0.1, 0.15) is 18.1 Å². The molecule has 0 aromatic carbocycles. The molecule has 0 spiro atoms. The summed E-state index contributed by atoms with van der Waals surface area (Å²) in [5, 5.41) is 3.05. The maximum atomic E-state index is 5.56. The number of nitrogens with one attached hydrogen (secondary N) is 1. The number of furan rings is 1. The normalized spacial score (nSPS) is 11.2. The summed E-state index contributed by atoms with van der Waals surface area (Å²) in [6, 6.07) is 3.97. The third kappa shape index (κ3) is 5.33. The monoisotopic (exact) mass is 225 g/mol. The van der Waals surface area contributed by atoms with Crippen LogP contribution in [-0.4, -0.2) is 13.7 Å². The van der Waals surface area contributed by atoms with Crippen molar-refractivity contribution in [2.75, 3.05) is 13.7 Å². The Morgan fingerprint density at radius 3 is 2.75 bits per heavy atom. The lowest BCUT2D eigenvalue weighted by atomic mass is 10.1. The molecular formula is C13H23NO2. The van der Waals surface area contributed by atoms with Crippen LogP contribution in [0.15, 0.2) is 16.5 Å². The first-order chi connectivity index (χ1) is 7.72. The van der Waals surface area contributed by atoms with E-state index in [0.717, 1.165) is 37.0 Å². The van der Waals surface area contributed by atoms with Crippen molar-refractivity contribution in [1.82, 2.24) is 5.32 Å². The molecule has 0 aliphatic rings. The molecule has 0 unspecified atom stereocenters. The minimum Gasteiger partial charge on any atom is -0.462 e. The van der Waals surface area contributed by atoms with Gasteiger partial charge in [-0.05, 0) is 37.9 Å². The van der Waals surface area contributed by atoms with Crippen LogP contribution in [0.4, 0.5) is 0 Å². The Bertz CT molecular complexity index is 281. The highest BCUT2D eigenvalue weighted by Crippen LogP contribution is 2.09. The quantitative estimate of drug-likeness (QED) is 0.691. The zero-order valence-electron chi connectivity index (χ0n) is 10.6. The number of hydrogen-bond acceptors (Lipinski definition) is 3. The van der Waals surface area contributed by atoms with Crippen LogP contribution in [0.1, 0.15) is 38.2 Å².